The molecule has 0 unspecified atom stereocenters. The summed E-state index contributed by atoms with van der Waals surface area (Å²) in [6.45, 7) is 5.00. The Morgan fingerprint density at radius 3 is 2.02 bits per heavy atom. The molecular formula is C25H30Cl2F3N8O11PS. The number of halogens is 5. The van der Waals surface area contributed by atoms with Crippen molar-refractivity contribution < 1.29 is 60.3 Å². The number of hydrogen-bond donors (Lipinski definition) is 7. The Hall–Kier alpha value is -4.38. The van der Waals surface area contributed by atoms with Gasteiger partial charge in [-0.1, -0.05) is 11.6 Å². The minimum atomic E-state index is -4.62. The molecule has 1 heterocycles. The molecule has 0 aliphatic carbocycles. The number of sulfonamides is 1. The number of carboxylic acid groups (broad SMARTS) is 1. The zero-order valence-electron chi connectivity index (χ0n) is 26.4. The van der Waals surface area contributed by atoms with Crippen molar-refractivity contribution in [3.8, 4) is 11.5 Å². The molecule has 0 saturated carbocycles. The van der Waals surface area contributed by atoms with Crippen molar-refractivity contribution in [2.75, 3.05) is 42.8 Å². The molecule has 1 amide bonds. The number of carbonyl (C=O) groups excluding carboxylic acids is 1. The van der Waals surface area contributed by atoms with Crippen LogP contribution >= 0.6 is 30.8 Å². The van der Waals surface area contributed by atoms with Crippen LogP contribution in [0.2, 0.25) is 10.3 Å². The second-order valence-electron chi connectivity index (χ2n) is 9.34. The summed E-state index contributed by atoms with van der Waals surface area (Å²) in [7, 11) is -8.10. The van der Waals surface area contributed by atoms with Crippen LogP contribution in [-0.4, -0.2) is 87.2 Å². The number of nitrogens with one attached hydrogen (secondary N) is 4. The average molecular weight is 810 g/mol. The first-order valence-electron chi connectivity index (χ1n) is 13.7. The molecule has 0 radical (unpaired) electrons. The zero-order valence-corrected chi connectivity index (χ0v) is 29.7. The number of ether oxygens (including phenoxy) is 1. The Kier molecular flexibility index (Phi) is 17.4. The standard InChI is InChI=1S/C15H10ClF3N2O6S.C7H12ClN5.C3H8NO5P/c1-28(25,26)20-14(22)10-7-9(3-4-12(10)21(23)24)27-13-5-2-8(6-11(13)16)15(17,18)19;1-3-9-6-11-5(8)12-7(13-6)10-4-2;5-3(6)1-4-2-10(7,8)9/h2-7H,1H3,(H,20,22);3-4H2,1-2H3,(H2,9,10,11,12,13);4H,1-2H2,(H,5,6)(H2,7,8,9). The van der Waals surface area contributed by atoms with E-state index in [1.807, 2.05) is 13.8 Å². The molecule has 7 N–H and O–H groups in total. The SMILES string of the molecule is CCNc1nc(Cl)nc(NCC)n1.CS(=O)(=O)NC(=O)c1cc(Oc2ccc(C(F)(F)F)cc2Cl)ccc1[N+](=O)[O-].O=C(O)CNCP(=O)(O)O. The minimum absolute atomic E-state index is 0.189. The molecule has 282 valence electrons. The number of carbonyl (C=O) groups is 2. The number of aliphatic carboxylic acids is 1. The molecule has 0 saturated heterocycles. The molecule has 3 rings (SSSR count). The van der Waals surface area contributed by atoms with Crippen LogP contribution in [0.25, 0.3) is 0 Å². The van der Waals surface area contributed by atoms with Gasteiger partial charge in [0.2, 0.25) is 27.2 Å². The van der Waals surface area contributed by atoms with Crippen LogP contribution < -0.4 is 25.4 Å². The van der Waals surface area contributed by atoms with E-state index < -0.39 is 75.3 Å². The van der Waals surface area contributed by atoms with Gasteiger partial charge in [0.05, 0.1) is 34.6 Å². The number of nitro benzene ring substituents is 1. The van der Waals surface area contributed by atoms with Gasteiger partial charge in [-0.2, -0.15) is 28.1 Å². The third-order valence-corrected chi connectivity index (χ3v) is 6.70. The summed E-state index contributed by atoms with van der Waals surface area (Å²) in [6.07, 6.45) is -4.54. The molecule has 0 fully saturated rings. The molecular weight excluding hydrogens is 779 g/mol. The van der Waals surface area contributed by atoms with E-state index in [9.17, 15) is 45.9 Å². The first-order valence-corrected chi connectivity index (χ1v) is 18.1. The maximum absolute atomic E-state index is 12.7. The van der Waals surface area contributed by atoms with Gasteiger partial charge in [0.1, 0.15) is 17.1 Å². The monoisotopic (exact) mass is 808 g/mol. The van der Waals surface area contributed by atoms with E-state index in [1.165, 1.54) is 0 Å². The van der Waals surface area contributed by atoms with Gasteiger partial charge in [-0.15, -0.1) is 0 Å². The average Bonchev–Trinajstić information content (AvgIpc) is 2.96. The van der Waals surface area contributed by atoms with Gasteiger partial charge in [0.25, 0.3) is 11.6 Å². The van der Waals surface area contributed by atoms with Crippen molar-refractivity contribution in [1.29, 1.82) is 0 Å². The highest BCUT2D eigenvalue weighted by Gasteiger charge is 2.31. The highest BCUT2D eigenvalue weighted by atomic mass is 35.5. The zero-order chi connectivity index (χ0) is 39.2. The lowest BCUT2D eigenvalue weighted by atomic mass is 10.1. The number of anilines is 2. The molecule has 19 nitrogen and oxygen atoms in total. The van der Waals surface area contributed by atoms with Crippen LogP contribution in [0.1, 0.15) is 29.8 Å². The predicted molar refractivity (Wildman–Crippen MR) is 178 cm³/mol. The van der Waals surface area contributed by atoms with E-state index in [0.29, 0.717) is 30.3 Å². The molecule has 51 heavy (non-hydrogen) atoms. The maximum Gasteiger partial charge on any atom is 0.416 e. The number of amides is 1. The Labute approximate surface area is 297 Å². The summed E-state index contributed by atoms with van der Waals surface area (Å²) in [5, 5.41) is 26.8. The number of aromatic nitrogens is 3. The number of nitrogens with zero attached hydrogens (tertiary/aromatic N) is 4. The Morgan fingerprint density at radius 1 is 1.02 bits per heavy atom. The number of hydrogen-bond acceptors (Lipinski definition) is 14. The third kappa shape index (κ3) is 17.9. The Morgan fingerprint density at radius 2 is 1.59 bits per heavy atom. The van der Waals surface area contributed by atoms with Crippen molar-refractivity contribution in [1.82, 2.24) is 25.0 Å². The fourth-order valence-electron chi connectivity index (χ4n) is 3.16. The fraction of sp³-hybridized carbons (Fsp3) is 0.320. The molecule has 2 aromatic carbocycles. The number of carboxylic acids is 1. The van der Waals surface area contributed by atoms with Crippen molar-refractivity contribution in [3.63, 3.8) is 0 Å². The van der Waals surface area contributed by atoms with Crippen LogP contribution in [0.3, 0.4) is 0 Å². The van der Waals surface area contributed by atoms with Gasteiger partial charge in [-0.25, -0.2) is 13.1 Å². The molecule has 1 aromatic heterocycles. The van der Waals surface area contributed by atoms with Gasteiger partial charge < -0.3 is 30.3 Å². The Bertz CT molecular complexity index is 1830. The fourth-order valence-corrected chi connectivity index (χ4v) is 4.39. The lowest BCUT2D eigenvalue weighted by Gasteiger charge is -2.12. The molecule has 0 aliphatic heterocycles. The second kappa shape index (κ2) is 19.9. The minimum Gasteiger partial charge on any atom is -0.480 e. The molecule has 0 atom stereocenters. The topological polar surface area (TPSA) is 285 Å². The highest BCUT2D eigenvalue weighted by molar-refractivity contribution is 7.89. The number of benzene rings is 2. The highest BCUT2D eigenvalue weighted by Crippen LogP contribution is 2.37. The van der Waals surface area contributed by atoms with Crippen LogP contribution in [-0.2, 0) is 25.6 Å². The third-order valence-electron chi connectivity index (χ3n) is 5.05. The van der Waals surface area contributed by atoms with Crippen LogP contribution in [0.4, 0.5) is 30.8 Å². The van der Waals surface area contributed by atoms with Gasteiger partial charge >= 0.3 is 19.7 Å². The van der Waals surface area contributed by atoms with Crippen LogP contribution in [0.5, 0.6) is 11.5 Å². The lowest BCUT2D eigenvalue weighted by molar-refractivity contribution is -0.385. The number of alkyl halides is 3. The predicted octanol–water partition coefficient (Wildman–Crippen LogP) is 3.93. The van der Waals surface area contributed by atoms with Gasteiger partial charge in [0, 0.05) is 25.2 Å². The maximum atomic E-state index is 12.7. The van der Waals surface area contributed by atoms with Gasteiger partial charge in [-0.05, 0) is 49.7 Å². The Balaban J connectivity index is 0.000000465. The smallest absolute Gasteiger partial charge is 0.416 e. The van der Waals surface area contributed by atoms with E-state index in [-0.39, 0.29) is 16.8 Å². The lowest BCUT2D eigenvalue weighted by Crippen LogP contribution is -2.29. The quantitative estimate of drug-likeness (QED) is 0.0731. The second-order valence-corrected chi connectivity index (χ2v) is 13.5. The molecule has 0 bridgehead atoms. The number of nitro groups is 1. The largest absolute Gasteiger partial charge is 0.480 e. The molecule has 0 spiro atoms. The first kappa shape index (κ1) is 44.6. The molecule has 0 aliphatic rings. The summed E-state index contributed by atoms with van der Waals surface area (Å²) in [4.78, 5) is 60.2. The normalized spacial score (nSPS) is 11.2. The van der Waals surface area contributed by atoms with E-state index in [2.05, 4.69) is 30.9 Å². The van der Waals surface area contributed by atoms with Gasteiger partial charge in [-0.3, -0.25) is 29.6 Å². The van der Waals surface area contributed by atoms with Crippen LogP contribution in [0.15, 0.2) is 36.4 Å². The van der Waals surface area contributed by atoms with Gasteiger partial charge in [0.15, 0.2) is 0 Å². The summed E-state index contributed by atoms with van der Waals surface area (Å²) in [6, 6.07) is 5.09. The number of rotatable bonds is 13. The van der Waals surface area contributed by atoms with E-state index in [1.54, 1.807) is 4.72 Å². The van der Waals surface area contributed by atoms with E-state index >= 15 is 0 Å². The summed E-state index contributed by atoms with van der Waals surface area (Å²) >= 11 is 11.4. The van der Waals surface area contributed by atoms with E-state index in [4.69, 9.17) is 42.8 Å². The van der Waals surface area contributed by atoms with Crippen molar-refractivity contribution in [3.05, 3.63) is 67.9 Å². The molecule has 26 heteroatoms. The van der Waals surface area contributed by atoms with Crippen molar-refractivity contribution in [2.45, 2.75) is 20.0 Å². The summed E-state index contributed by atoms with van der Waals surface area (Å²) < 4.78 is 77.3. The molecule has 3 aromatic rings. The summed E-state index contributed by atoms with van der Waals surface area (Å²) in [5.74, 6) is -1.83. The summed E-state index contributed by atoms with van der Waals surface area (Å²) in [5.41, 5.74) is -2.34. The first-order chi connectivity index (χ1) is 23.4. The van der Waals surface area contributed by atoms with E-state index in [0.717, 1.165) is 37.4 Å². The van der Waals surface area contributed by atoms with Crippen molar-refractivity contribution >= 4 is 70.3 Å². The van der Waals surface area contributed by atoms with Crippen LogP contribution in [0, 0.1) is 10.1 Å². The van der Waals surface area contributed by atoms with Crippen molar-refractivity contribution in [2.24, 2.45) is 0 Å².